The number of nitrogens with zero attached hydrogens (tertiary/aromatic N) is 6. The first-order chi connectivity index (χ1) is 29.3. The molecule has 13 rings (SSSR count). The molecule has 5 aromatic heterocycles. The number of rotatable bonds is 4. The molecule has 7 nitrogen and oxygen atoms in total. The van der Waals surface area contributed by atoms with E-state index < -0.39 is 0 Å². The van der Waals surface area contributed by atoms with Gasteiger partial charge in [0.1, 0.15) is 5.58 Å². The monoisotopic (exact) mass is 754 g/mol. The number of hydrogen-bond acceptors (Lipinski definition) is 5. The largest absolute Gasteiger partial charge is 0.437 e. The molecular weight excluding hydrogens is 725 g/mol. The summed E-state index contributed by atoms with van der Waals surface area (Å²) in [5, 5.41) is 9.50. The van der Waals surface area contributed by atoms with E-state index in [-0.39, 0.29) is 0 Å². The van der Waals surface area contributed by atoms with Gasteiger partial charge in [-0.15, -0.1) is 0 Å². The summed E-state index contributed by atoms with van der Waals surface area (Å²) >= 11 is 0. The molecule has 0 aliphatic rings. The van der Waals surface area contributed by atoms with Crippen molar-refractivity contribution in [2.24, 2.45) is 0 Å². The number of benzene rings is 8. The van der Waals surface area contributed by atoms with Crippen LogP contribution >= 0.6 is 0 Å². The second kappa shape index (κ2) is 12.2. The fraction of sp³-hybridized carbons (Fsp3) is 0. The average molecular weight is 755 g/mol. The van der Waals surface area contributed by atoms with E-state index in [1.165, 1.54) is 0 Å². The predicted octanol–water partition coefficient (Wildman–Crippen LogP) is 13.0. The third-order valence-corrected chi connectivity index (χ3v) is 11.8. The highest BCUT2D eigenvalue weighted by molar-refractivity contribution is 6.19. The Morgan fingerprint density at radius 3 is 1.68 bits per heavy atom. The number of hydrogen-bond donors (Lipinski definition) is 0. The third kappa shape index (κ3) is 4.64. The Kier molecular flexibility index (Phi) is 6.60. The standard InChI is InChI=1S/C52H30N6O/c1-2-16-32(17-3-1)48-37-22-6-10-25-41(37)53-51(54-48)57-42-26-11-7-20-34(42)39-30-45-40(29-44(39)57)35-21-8-12-27-43(35)58(45)52-55-49(36-24-14-18-31-15-4-5-19-33(31)36)47-38-23-9-13-28-46(38)59-50(47)56-52/h1-30H. The van der Waals surface area contributed by atoms with Gasteiger partial charge in [0.25, 0.3) is 0 Å². The van der Waals surface area contributed by atoms with E-state index in [1.54, 1.807) is 0 Å². The summed E-state index contributed by atoms with van der Waals surface area (Å²) in [4.78, 5) is 21.3. The molecule has 0 atom stereocenters. The van der Waals surface area contributed by atoms with E-state index in [0.29, 0.717) is 17.6 Å². The highest BCUT2D eigenvalue weighted by atomic mass is 16.3. The summed E-state index contributed by atoms with van der Waals surface area (Å²) in [6.07, 6.45) is 0. The van der Waals surface area contributed by atoms with Crippen molar-refractivity contribution in [2.45, 2.75) is 0 Å². The topological polar surface area (TPSA) is 74.6 Å². The van der Waals surface area contributed by atoms with Crippen LogP contribution < -0.4 is 0 Å². The van der Waals surface area contributed by atoms with Gasteiger partial charge in [-0.25, -0.2) is 15.0 Å². The van der Waals surface area contributed by atoms with Crippen molar-refractivity contribution < 1.29 is 4.42 Å². The molecule has 0 N–H and O–H groups in total. The number of para-hydroxylation sites is 4. The van der Waals surface area contributed by atoms with Crippen molar-refractivity contribution in [3.8, 4) is 34.4 Å². The summed E-state index contributed by atoms with van der Waals surface area (Å²) < 4.78 is 11.0. The van der Waals surface area contributed by atoms with Crippen LogP contribution in [0, 0.1) is 0 Å². The summed E-state index contributed by atoms with van der Waals surface area (Å²) in [6.45, 7) is 0. The van der Waals surface area contributed by atoms with Gasteiger partial charge >= 0.3 is 0 Å². The zero-order valence-corrected chi connectivity index (χ0v) is 31.4. The van der Waals surface area contributed by atoms with Gasteiger partial charge in [-0.05, 0) is 47.2 Å². The molecule has 0 aliphatic heterocycles. The molecule has 0 fully saturated rings. The summed E-state index contributed by atoms with van der Waals surface area (Å²) in [6, 6.07) is 63.2. The van der Waals surface area contributed by atoms with Crippen LogP contribution in [0.25, 0.3) is 122 Å². The molecule has 7 heteroatoms. The van der Waals surface area contributed by atoms with Crippen LogP contribution in [-0.4, -0.2) is 29.1 Å². The van der Waals surface area contributed by atoms with Crippen LogP contribution in [0.15, 0.2) is 186 Å². The molecule has 0 aliphatic carbocycles. The molecule has 59 heavy (non-hydrogen) atoms. The fourth-order valence-corrected chi connectivity index (χ4v) is 9.18. The Morgan fingerprint density at radius 1 is 0.373 bits per heavy atom. The fourth-order valence-electron chi connectivity index (χ4n) is 9.18. The molecule has 8 aromatic carbocycles. The molecule has 13 aromatic rings. The van der Waals surface area contributed by atoms with Gasteiger partial charge in [-0.1, -0.05) is 146 Å². The Morgan fingerprint density at radius 2 is 0.932 bits per heavy atom. The van der Waals surface area contributed by atoms with Crippen molar-refractivity contribution in [1.82, 2.24) is 29.1 Å². The highest BCUT2D eigenvalue weighted by Crippen LogP contribution is 2.42. The van der Waals surface area contributed by atoms with E-state index in [9.17, 15) is 0 Å². The van der Waals surface area contributed by atoms with Crippen LogP contribution in [0.3, 0.4) is 0 Å². The molecule has 0 amide bonds. The smallest absolute Gasteiger partial charge is 0.238 e. The maximum atomic E-state index is 6.56. The van der Waals surface area contributed by atoms with Gasteiger partial charge in [-0.3, -0.25) is 9.13 Å². The van der Waals surface area contributed by atoms with Crippen LogP contribution in [0.2, 0.25) is 0 Å². The maximum Gasteiger partial charge on any atom is 0.238 e. The lowest BCUT2D eigenvalue weighted by atomic mass is 9.99. The molecule has 0 unspecified atom stereocenters. The van der Waals surface area contributed by atoms with E-state index in [0.717, 1.165) is 104 Å². The van der Waals surface area contributed by atoms with E-state index >= 15 is 0 Å². The van der Waals surface area contributed by atoms with Crippen molar-refractivity contribution >= 4 is 87.4 Å². The second-order valence-electron chi connectivity index (χ2n) is 15.0. The quantitative estimate of drug-likeness (QED) is 0.179. The van der Waals surface area contributed by atoms with E-state index in [1.807, 2.05) is 36.4 Å². The van der Waals surface area contributed by atoms with Gasteiger partial charge < -0.3 is 4.42 Å². The van der Waals surface area contributed by atoms with Crippen molar-refractivity contribution in [1.29, 1.82) is 0 Å². The zero-order chi connectivity index (χ0) is 38.6. The van der Waals surface area contributed by atoms with Crippen LogP contribution in [0.1, 0.15) is 0 Å². The van der Waals surface area contributed by atoms with Crippen molar-refractivity contribution in [2.75, 3.05) is 0 Å². The van der Waals surface area contributed by atoms with Gasteiger partial charge in [0.05, 0.1) is 44.4 Å². The van der Waals surface area contributed by atoms with Crippen LogP contribution in [0.5, 0.6) is 0 Å². The second-order valence-corrected chi connectivity index (χ2v) is 15.0. The molecule has 5 heterocycles. The Bertz CT molecular complexity index is 3850. The Hall–Kier alpha value is -8.16. The molecule has 274 valence electrons. The van der Waals surface area contributed by atoms with Crippen LogP contribution in [-0.2, 0) is 0 Å². The SMILES string of the molecule is c1ccc(-c2nc(-n3c4ccccc4c4cc5c(cc43)c3ccccc3n5-c3nc(-c4cccc5ccccc45)c4c(n3)oc3ccccc34)nc3ccccc23)cc1. The lowest BCUT2D eigenvalue weighted by Gasteiger charge is -2.12. The first-order valence-electron chi connectivity index (χ1n) is 19.7. The molecule has 0 saturated heterocycles. The number of fused-ring (bicyclic) bond motifs is 11. The third-order valence-electron chi connectivity index (χ3n) is 11.8. The normalized spacial score (nSPS) is 12.1. The Labute approximate surface area is 336 Å². The van der Waals surface area contributed by atoms with E-state index in [2.05, 4.69) is 155 Å². The van der Waals surface area contributed by atoms with Gasteiger partial charge in [0, 0.05) is 43.4 Å². The zero-order valence-electron chi connectivity index (χ0n) is 31.4. The van der Waals surface area contributed by atoms with Gasteiger partial charge in [0.2, 0.25) is 17.6 Å². The average Bonchev–Trinajstić information content (AvgIpc) is 3.95. The number of aromatic nitrogens is 6. The van der Waals surface area contributed by atoms with Crippen molar-refractivity contribution in [3.63, 3.8) is 0 Å². The molecule has 0 bridgehead atoms. The van der Waals surface area contributed by atoms with Gasteiger partial charge in [0.15, 0.2) is 0 Å². The molecule has 0 saturated carbocycles. The molecule has 0 radical (unpaired) electrons. The first kappa shape index (κ1) is 32.0. The maximum absolute atomic E-state index is 6.56. The van der Waals surface area contributed by atoms with Crippen molar-refractivity contribution in [3.05, 3.63) is 182 Å². The predicted molar refractivity (Wildman–Crippen MR) is 239 cm³/mol. The minimum atomic E-state index is 0.541. The minimum Gasteiger partial charge on any atom is -0.437 e. The molecular formula is C52H30N6O. The lowest BCUT2D eigenvalue weighted by molar-refractivity contribution is 0.651. The summed E-state index contributed by atoms with van der Waals surface area (Å²) in [7, 11) is 0. The number of furan rings is 1. The highest BCUT2D eigenvalue weighted by Gasteiger charge is 2.24. The first-order valence-corrected chi connectivity index (χ1v) is 19.7. The van der Waals surface area contributed by atoms with E-state index in [4.69, 9.17) is 24.4 Å². The molecule has 0 spiro atoms. The Balaban J connectivity index is 1.13. The minimum absolute atomic E-state index is 0.541. The van der Waals surface area contributed by atoms with Gasteiger partial charge in [-0.2, -0.15) is 4.98 Å². The lowest BCUT2D eigenvalue weighted by Crippen LogP contribution is -2.04. The summed E-state index contributed by atoms with van der Waals surface area (Å²) in [5.74, 6) is 1.16. The summed E-state index contributed by atoms with van der Waals surface area (Å²) in [5.41, 5.74) is 10.0. The van der Waals surface area contributed by atoms with Crippen LogP contribution in [0.4, 0.5) is 0 Å².